The first-order valence-corrected chi connectivity index (χ1v) is 7.55. The van der Waals surface area contributed by atoms with E-state index in [1.807, 2.05) is 29.7 Å². The van der Waals surface area contributed by atoms with E-state index in [-0.39, 0.29) is 6.04 Å². The molecule has 1 atom stereocenters. The molecule has 2 rings (SSSR count). The van der Waals surface area contributed by atoms with Crippen molar-refractivity contribution >= 4 is 11.8 Å². The first kappa shape index (κ1) is 14.2. The number of nitrogens with zero attached hydrogens (tertiary/aromatic N) is 2. The second kappa shape index (κ2) is 6.78. The number of aromatic nitrogens is 2. The lowest BCUT2D eigenvalue weighted by Crippen LogP contribution is -2.23. The van der Waals surface area contributed by atoms with Crippen LogP contribution in [0.15, 0.2) is 41.6 Å². The van der Waals surface area contributed by atoms with E-state index in [0.29, 0.717) is 0 Å². The highest BCUT2D eigenvalue weighted by Crippen LogP contribution is 2.22. The maximum atomic E-state index is 6.18. The van der Waals surface area contributed by atoms with Gasteiger partial charge in [-0.3, -0.25) is 4.68 Å². The summed E-state index contributed by atoms with van der Waals surface area (Å²) in [5, 5.41) is 4.17. The van der Waals surface area contributed by atoms with Gasteiger partial charge in [0.2, 0.25) is 0 Å². The summed E-state index contributed by atoms with van der Waals surface area (Å²) in [6, 6.07) is 8.68. The maximum absolute atomic E-state index is 6.18. The van der Waals surface area contributed by atoms with Crippen LogP contribution in [0.25, 0.3) is 0 Å². The Morgan fingerprint density at radius 2 is 2.16 bits per heavy atom. The molecule has 0 aliphatic carbocycles. The molecule has 0 aliphatic rings. The second-order valence-electron chi connectivity index (χ2n) is 4.90. The van der Waals surface area contributed by atoms with Gasteiger partial charge in [0.1, 0.15) is 0 Å². The van der Waals surface area contributed by atoms with Gasteiger partial charge in [0, 0.05) is 29.9 Å². The van der Waals surface area contributed by atoms with Gasteiger partial charge in [-0.05, 0) is 37.0 Å². The quantitative estimate of drug-likeness (QED) is 0.824. The van der Waals surface area contributed by atoms with Gasteiger partial charge in [-0.15, -0.1) is 11.8 Å². The SMILES string of the molecule is Cc1ccccc1SCC(N)CCc1cnn(C)c1. The van der Waals surface area contributed by atoms with Crippen molar-refractivity contribution in [1.82, 2.24) is 9.78 Å². The van der Waals surface area contributed by atoms with E-state index in [1.165, 1.54) is 16.0 Å². The summed E-state index contributed by atoms with van der Waals surface area (Å²) in [5.74, 6) is 0.963. The lowest BCUT2D eigenvalue weighted by atomic mass is 10.1. The van der Waals surface area contributed by atoms with Crippen LogP contribution in [-0.4, -0.2) is 21.6 Å². The average molecular weight is 275 g/mol. The van der Waals surface area contributed by atoms with E-state index in [9.17, 15) is 0 Å². The van der Waals surface area contributed by atoms with Crippen LogP contribution in [0.1, 0.15) is 17.5 Å². The first-order valence-electron chi connectivity index (χ1n) is 6.56. The summed E-state index contributed by atoms with van der Waals surface area (Å²) in [7, 11) is 1.94. The van der Waals surface area contributed by atoms with Gasteiger partial charge in [0.25, 0.3) is 0 Å². The maximum Gasteiger partial charge on any atom is 0.0521 e. The number of benzene rings is 1. The van der Waals surface area contributed by atoms with Crippen LogP contribution in [-0.2, 0) is 13.5 Å². The molecule has 19 heavy (non-hydrogen) atoms. The van der Waals surface area contributed by atoms with Crippen molar-refractivity contribution in [2.45, 2.75) is 30.7 Å². The standard InChI is InChI=1S/C15H21N3S/c1-12-5-3-4-6-15(12)19-11-14(16)8-7-13-9-17-18(2)10-13/h3-6,9-10,14H,7-8,11,16H2,1-2H3. The highest BCUT2D eigenvalue weighted by Gasteiger charge is 2.06. The van der Waals surface area contributed by atoms with Crippen LogP contribution < -0.4 is 5.73 Å². The Bertz CT molecular complexity index is 522. The summed E-state index contributed by atoms with van der Waals surface area (Å²) in [6.07, 6.45) is 5.98. The van der Waals surface area contributed by atoms with Gasteiger partial charge < -0.3 is 5.73 Å². The van der Waals surface area contributed by atoms with Crippen molar-refractivity contribution < 1.29 is 0 Å². The molecule has 3 nitrogen and oxygen atoms in total. The third-order valence-electron chi connectivity index (χ3n) is 3.11. The Balaban J connectivity index is 1.76. The third kappa shape index (κ3) is 4.40. The summed E-state index contributed by atoms with van der Waals surface area (Å²) >= 11 is 1.85. The number of hydrogen-bond acceptors (Lipinski definition) is 3. The molecule has 0 saturated heterocycles. The van der Waals surface area contributed by atoms with Gasteiger partial charge in [-0.25, -0.2) is 0 Å². The van der Waals surface area contributed by atoms with Crippen LogP contribution in [0, 0.1) is 6.92 Å². The van der Waals surface area contributed by atoms with Gasteiger partial charge in [-0.1, -0.05) is 18.2 Å². The Hall–Kier alpha value is -1.26. The van der Waals surface area contributed by atoms with E-state index < -0.39 is 0 Å². The number of hydrogen-bond donors (Lipinski definition) is 1. The van der Waals surface area contributed by atoms with Crippen molar-refractivity contribution in [3.8, 4) is 0 Å². The van der Waals surface area contributed by atoms with Gasteiger partial charge >= 0.3 is 0 Å². The smallest absolute Gasteiger partial charge is 0.0521 e. The molecule has 0 amide bonds. The zero-order valence-corrected chi connectivity index (χ0v) is 12.4. The molecule has 1 heterocycles. The average Bonchev–Trinajstić information content (AvgIpc) is 2.81. The van der Waals surface area contributed by atoms with Crippen LogP contribution >= 0.6 is 11.8 Å². The van der Waals surface area contributed by atoms with E-state index in [1.54, 1.807) is 0 Å². The monoisotopic (exact) mass is 275 g/mol. The van der Waals surface area contributed by atoms with Crippen molar-refractivity contribution in [3.63, 3.8) is 0 Å². The summed E-state index contributed by atoms with van der Waals surface area (Å²) in [5.41, 5.74) is 8.77. The molecule has 1 aromatic heterocycles. The molecule has 1 unspecified atom stereocenters. The first-order chi connectivity index (χ1) is 9.15. The molecule has 0 radical (unpaired) electrons. The van der Waals surface area contributed by atoms with Crippen molar-refractivity contribution in [3.05, 3.63) is 47.8 Å². The van der Waals surface area contributed by atoms with Crippen molar-refractivity contribution in [2.75, 3.05) is 5.75 Å². The van der Waals surface area contributed by atoms with Gasteiger partial charge in [0.15, 0.2) is 0 Å². The van der Waals surface area contributed by atoms with Gasteiger partial charge in [-0.2, -0.15) is 5.10 Å². The number of aryl methyl sites for hydroxylation is 3. The predicted molar refractivity (Wildman–Crippen MR) is 81.4 cm³/mol. The fourth-order valence-electron chi connectivity index (χ4n) is 1.95. The topological polar surface area (TPSA) is 43.8 Å². The van der Waals surface area contributed by atoms with E-state index in [2.05, 4.69) is 42.5 Å². The minimum atomic E-state index is 0.227. The molecule has 1 aromatic carbocycles. The molecule has 0 aliphatic heterocycles. The zero-order chi connectivity index (χ0) is 13.7. The molecule has 0 bridgehead atoms. The molecular weight excluding hydrogens is 254 g/mol. The van der Waals surface area contributed by atoms with Crippen molar-refractivity contribution in [1.29, 1.82) is 0 Å². The lowest BCUT2D eigenvalue weighted by Gasteiger charge is -2.11. The molecule has 0 spiro atoms. The Labute approximate surface area is 119 Å². The molecule has 0 fully saturated rings. The highest BCUT2D eigenvalue weighted by atomic mass is 32.2. The van der Waals surface area contributed by atoms with Crippen LogP contribution in [0.3, 0.4) is 0 Å². The van der Waals surface area contributed by atoms with Crippen LogP contribution in [0.5, 0.6) is 0 Å². The number of thioether (sulfide) groups is 1. The lowest BCUT2D eigenvalue weighted by molar-refractivity contribution is 0.673. The minimum Gasteiger partial charge on any atom is -0.327 e. The fraction of sp³-hybridized carbons (Fsp3) is 0.400. The highest BCUT2D eigenvalue weighted by molar-refractivity contribution is 7.99. The fourth-order valence-corrected chi connectivity index (χ4v) is 2.98. The Morgan fingerprint density at radius 1 is 1.37 bits per heavy atom. The van der Waals surface area contributed by atoms with E-state index >= 15 is 0 Å². The Kier molecular flexibility index (Phi) is 5.05. The molecule has 102 valence electrons. The molecule has 0 saturated carbocycles. The normalized spacial score (nSPS) is 12.6. The summed E-state index contributed by atoms with van der Waals surface area (Å²) < 4.78 is 1.84. The molecule has 4 heteroatoms. The number of rotatable bonds is 6. The second-order valence-corrected chi connectivity index (χ2v) is 5.96. The largest absolute Gasteiger partial charge is 0.327 e. The van der Waals surface area contributed by atoms with E-state index in [0.717, 1.165) is 18.6 Å². The minimum absolute atomic E-state index is 0.227. The Morgan fingerprint density at radius 3 is 2.84 bits per heavy atom. The molecule has 2 aromatic rings. The predicted octanol–water partition coefficient (Wildman–Crippen LogP) is 2.78. The molecular formula is C15H21N3S. The molecule has 2 N–H and O–H groups in total. The van der Waals surface area contributed by atoms with Crippen LogP contribution in [0.2, 0.25) is 0 Å². The number of nitrogens with two attached hydrogens (primary N) is 1. The van der Waals surface area contributed by atoms with Crippen LogP contribution in [0.4, 0.5) is 0 Å². The summed E-state index contributed by atoms with van der Waals surface area (Å²) in [4.78, 5) is 1.33. The van der Waals surface area contributed by atoms with Crippen molar-refractivity contribution in [2.24, 2.45) is 12.8 Å². The van der Waals surface area contributed by atoms with E-state index in [4.69, 9.17) is 5.73 Å². The summed E-state index contributed by atoms with van der Waals surface area (Å²) in [6.45, 7) is 2.14. The van der Waals surface area contributed by atoms with Gasteiger partial charge in [0.05, 0.1) is 6.20 Å². The third-order valence-corrected chi connectivity index (χ3v) is 4.47. The zero-order valence-electron chi connectivity index (χ0n) is 11.5.